The van der Waals surface area contributed by atoms with Crippen molar-refractivity contribution in [1.29, 1.82) is 0 Å². The molecule has 0 atom stereocenters. The number of hydrogen-bond acceptors (Lipinski definition) is 4. The third-order valence-corrected chi connectivity index (χ3v) is 4.17. The Hall–Kier alpha value is -1.95. The summed E-state index contributed by atoms with van der Waals surface area (Å²) >= 11 is 7.37. The first-order valence-electron chi connectivity index (χ1n) is 5.85. The molecule has 4 nitrogen and oxygen atoms in total. The fourth-order valence-electron chi connectivity index (χ4n) is 2.02. The van der Waals surface area contributed by atoms with Gasteiger partial charge in [-0.3, -0.25) is 10.2 Å². The number of amides is 1. The van der Waals surface area contributed by atoms with Crippen LogP contribution in [-0.4, -0.2) is 10.9 Å². The van der Waals surface area contributed by atoms with Gasteiger partial charge in [0.1, 0.15) is 0 Å². The van der Waals surface area contributed by atoms with E-state index in [2.05, 4.69) is 10.4 Å². The molecule has 1 aromatic carbocycles. The molecule has 0 radical (unpaired) electrons. The number of nitrogens with one attached hydrogen (secondary N) is 1. The minimum atomic E-state index is -0.340. The van der Waals surface area contributed by atoms with Crippen molar-refractivity contribution in [3.8, 4) is 10.6 Å². The van der Waals surface area contributed by atoms with Crippen molar-refractivity contribution in [2.24, 2.45) is 5.84 Å². The van der Waals surface area contributed by atoms with E-state index in [1.54, 1.807) is 12.1 Å². The molecule has 2 aromatic heterocycles. The number of rotatable bonds is 2. The van der Waals surface area contributed by atoms with Gasteiger partial charge in [0, 0.05) is 5.39 Å². The summed E-state index contributed by atoms with van der Waals surface area (Å²) in [6.45, 7) is 0. The normalized spacial score (nSPS) is 10.7. The maximum Gasteiger partial charge on any atom is 0.265 e. The summed E-state index contributed by atoms with van der Waals surface area (Å²) in [5, 5.41) is 0.766. The molecule has 3 rings (SSSR count). The van der Waals surface area contributed by atoms with Crippen LogP contribution in [0.4, 0.5) is 0 Å². The van der Waals surface area contributed by atoms with Crippen molar-refractivity contribution in [1.82, 2.24) is 10.4 Å². The predicted octanol–water partition coefficient (Wildman–Crippen LogP) is 3.22. The Morgan fingerprint density at radius 1 is 1.25 bits per heavy atom. The van der Waals surface area contributed by atoms with Gasteiger partial charge in [0.15, 0.2) is 0 Å². The minimum Gasteiger partial charge on any atom is -0.290 e. The van der Waals surface area contributed by atoms with Crippen LogP contribution < -0.4 is 11.3 Å². The standard InChI is InChI=1S/C14H10ClN3OS/c15-13-6-5-12(20-13)11-7-9(14(19)18-16)8-3-1-2-4-10(8)17-11/h1-7H,16H2,(H,18,19). The summed E-state index contributed by atoms with van der Waals surface area (Å²) in [6.07, 6.45) is 0. The van der Waals surface area contributed by atoms with E-state index in [1.807, 2.05) is 30.3 Å². The summed E-state index contributed by atoms with van der Waals surface area (Å²) in [6, 6.07) is 12.9. The Balaban J connectivity index is 2.27. The van der Waals surface area contributed by atoms with E-state index in [-0.39, 0.29) is 5.91 Å². The zero-order chi connectivity index (χ0) is 14.1. The van der Waals surface area contributed by atoms with Gasteiger partial charge in [0.05, 0.1) is 26.0 Å². The number of para-hydroxylation sites is 1. The number of nitrogen functional groups attached to an aromatic ring is 1. The Kier molecular flexibility index (Phi) is 3.40. The van der Waals surface area contributed by atoms with Crippen LogP contribution in [-0.2, 0) is 0 Å². The lowest BCUT2D eigenvalue weighted by molar-refractivity contribution is 0.0955. The molecular weight excluding hydrogens is 294 g/mol. The van der Waals surface area contributed by atoms with Gasteiger partial charge < -0.3 is 0 Å². The molecule has 0 aliphatic heterocycles. The smallest absolute Gasteiger partial charge is 0.265 e. The van der Waals surface area contributed by atoms with Crippen LogP contribution in [0.1, 0.15) is 10.4 Å². The van der Waals surface area contributed by atoms with Crippen LogP contribution in [0, 0.1) is 0 Å². The van der Waals surface area contributed by atoms with Gasteiger partial charge >= 0.3 is 0 Å². The first kappa shape index (κ1) is 13.1. The fraction of sp³-hybridized carbons (Fsp3) is 0. The number of thiophene rings is 1. The molecule has 0 aliphatic carbocycles. The molecule has 0 aliphatic rings. The zero-order valence-corrected chi connectivity index (χ0v) is 11.8. The van der Waals surface area contributed by atoms with Crippen LogP contribution in [0.3, 0.4) is 0 Å². The molecule has 2 heterocycles. The van der Waals surface area contributed by atoms with Gasteiger partial charge in [-0.1, -0.05) is 29.8 Å². The number of hydrazine groups is 1. The molecule has 3 N–H and O–H groups in total. The highest BCUT2D eigenvalue weighted by Gasteiger charge is 2.13. The van der Waals surface area contributed by atoms with Crippen molar-refractivity contribution in [3.63, 3.8) is 0 Å². The van der Waals surface area contributed by atoms with Gasteiger partial charge in [0.2, 0.25) is 0 Å². The molecule has 0 unspecified atom stereocenters. The third-order valence-electron chi connectivity index (χ3n) is 2.92. The number of nitrogens with zero attached hydrogens (tertiary/aromatic N) is 1. The Bertz CT molecular complexity index is 800. The molecule has 100 valence electrons. The van der Waals surface area contributed by atoms with E-state index in [0.29, 0.717) is 15.6 Å². The number of nitrogens with two attached hydrogens (primary N) is 1. The summed E-state index contributed by atoms with van der Waals surface area (Å²) in [5.74, 6) is 4.91. The zero-order valence-electron chi connectivity index (χ0n) is 10.3. The van der Waals surface area contributed by atoms with E-state index in [1.165, 1.54) is 11.3 Å². The topological polar surface area (TPSA) is 68.0 Å². The average molecular weight is 304 g/mol. The number of halogens is 1. The molecule has 0 spiro atoms. The lowest BCUT2D eigenvalue weighted by Crippen LogP contribution is -2.30. The molecule has 0 bridgehead atoms. The quantitative estimate of drug-likeness (QED) is 0.434. The highest BCUT2D eigenvalue weighted by Crippen LogP contribution is 2.32. The first-order valence-corrected chi connectivity index (χ1v) is 7.05. The lowest BCUT2D eigenvalue weighted by Gasteiger charge is -2.07. The molecule has 1 amide bonds. The van der Waals surface area contributed by atoms with E-state index >= 15 is 0 Å². The molecule has 0 fully saturated rings. The molecule has 3 aromatic rings. The molecule has 0 saturated carbocycles. The van der Waals surface area contributed by atoms with Gasteiger partial charge in [-0.25, -0.2) is 10.8 Å². The number of carbonyl (C=O) groups is 1. The van der Waals surface area contributed by atoms with Crippen LogP contribution >= 0.6 is 22.9 Å². The number of carbonyl (C=O) groups excluding carboxylic acids is 1. The summed E-state index contributed by atoms with van der Waals surface area (Å²) in [4.78, 5) is 17.4. The Morgan fingerprint density at radius 3 is 2.75 bits per heavy atom. The second kappa shape index (κ2) is 5.20. The number of benzene rings is 1. The van der Waals surface area contributed by atoms with E-state index in [9.17, 15) is 4.79 Å². The molecule has 0 saturated heterocycles. The second-order valence-electron chi connectivity index (χ2n) is 4.15. The van der Waals surface area contributed by atoms with Crippen LogP contribution in [0.5, 0.6) is 0 Å². The van der Waals surface area contributed by atoms with E-state index in [0.717, 1.165) is 15.8 Å². The SMILES string of the molecule is NNC(=O)c1cc(-c2ccc(Cl)s2)nc2ccccc12. The third kappa shape index (κ3) is 2.27. The fourth-order valence-corrected chi connectivity index (χ4v) is 3.02. The Labute approximate surface area is 124 Å². The monoisotopic (exact) mass is 303 g/mol. The molecule has 6 heteroatoms. The molecule has 20 heavy (non-hydrogen) atoms. The van der Waals surface area contributed by atoms with E-state index in [4.69, 9.17) is 17.4 Å². The highest BCUT2D eigenvalue weighted by molar-refractivity contribution is 7.19. The van der Waals surface area contributed by atoms with Crippen LogP contribution in [0.15, 0.2) is 42.5 Å². The van der Waals surface area contributed by atoms with Crippen molar-refractivity contribution in [3.05, 3.63) is 52.4 Å². The number of fused-ring (bicyclic) bond motifs is 1. The van der Waals surface area contributed by atoms with Crippen molar-refractivity contribution < 1.29 is 4.79 Å². The predicted molar refractivity (Wildman–Crippen MR) is 81.7 cm³/mol. The second-order valence-corrected chi connectivity index (χ2v) is 5.86. The number of aromatic nitrogens is 1. The first-order chi connectivity index (χ1) is 9.69. The van der Waals surface area contributed by atoms with Gasteiger partial charge in [-0.15, -0.1) is 11.3 Å². The van der Waals surface area contributed by atoms with Crippen LogP contribution in [0.2, 0.25) is 4.34 Å². The lowest BCUT2D eigenvalue weighted by atomic mass is 10.1. The number of pyridine rings is 1. The maximum atomic E-state index is 11.9. The van der Waals surface area contributed by atoms with Crippen molar-refractivity contribution in [2.75, 3.05) is 0 Å². The summed E-state index contributed by atoms with van der Waals surface area (Å²) < 4.78 is 0.680. The van der Waals surface area contributed by atoms with Gasteiger partial charge in [-0.2, -0.15) is 0 Å². The Morgan fingerprint density at radius 2 is 2.05 bits per heavy atom. The average Bonchev–Trinajstić information content (AvgIpc) is 2.92. The summed E-state index contributed by atoms with van der Waals surface area (Å²) in [7, 11) is 0. The van der Waals surface area contributed by atoms with E-state index < -0.39 is 0 Å². The summed E-state index contributed by atoms with van der Waals surface area (Å²) in [5.41, 5.74) is 4.12. The minimum absolute atomic E-state index is 0.340. The maximum absolute atomic E-state index is 11.9. The van der Waals surface area contributed by atoms with Crippen molar-refractivity contribution >= 4 is 39.7 Å². The van der Waals surface area contributed by atoms with Gasteiger partial charge in [-0.05, 0) is 24.3 Å². The molecular formula is C14H10ClN3OS. The van der Waals surface area contributed by atoms with Gasteiger partial charge in [0.25, 0.3) is 5.91 Å². The highest BCUT2D eigenvalue weighted by atomic mass is 35.5. The van der Waals surface area contributed by atoms with Crippen molar-refractivity contribution in [2.45, 2.75) is 0 Å². The number of hydrogen-bond donors (Lipinski definition) is 2. The largest absolute Gasteiger partial charge is 0.290 e. The van der Waals surface area contributed by atoms with Crippen LogP contribution in [0.25, 0.3) is 21.5 Å².